The molecule has 0 radical (unpaired) electrons. The summed E-state index contributed by atoms with van der Waals surface area (Å²) in [4.78, 5) is 26.8. The van der Waals surface area contributed by atoms with Gasteiger partial charge >= 0.3 is 11.9 Å². The van der Waals surface area contributed by atoms with Gasteiger partial charge in [0.25, 0.3) is 0 Å². The summed E-state index contributed by atoms with van der Waals surface area (Å²) in [6, 6.07) is 17.9. The van der Waals surface area contributed by atoms with Crippen molar-refractivity contribution in [3.63, 3.8) is 0 Å². The molecule has 43 heavy (non-hydrogen) atoms. The molecule has 1 aliphatic rings. The number of hydrogen-bond donors (Lipinski definition) is 0. The van der Waals surface area contributed by atoms with Crippen molar-refractivity contribution in [2.75, 3.05) is 26.4 Å². The van der Waals surface area contributed by atoms with Crippen LogP contribution in [0.3, 0.4) is 0 Å². The van der Waals surface area contributed by atoms with E-state index in [1.54, 1.807) is 48.5 Å². The van der Waals surface area contributed by atoms with E-state index in [1.165, 1.54) is 0 Å². The molecule has 3 rings (SSSR count). The Morgan fingerprint density at radius 2 is 1.19 bits per heavy atom. The highest BCUT2D eigenvalue weighted by Crippen LogP contribution is 2.58. The zero-order valence-electron chi connectivity index (χ0n) is 23.3. The number of ether oxygens (including phenoxy) is 4. The summed E-state index contributed by atoms with van der Waals surface area (Å²) < 4.78 is 21.5. The van der Waals surface area contributed by atoms with Crippen LogP contribution in [0.1, 0.15) is 35.8 Å². The zero-order valence-corrected chi connectivity index (χ0v) is 23.3. The fourth-order valence-corrected chi connectivity index (χ4v) is 5.49. The van der Waals surface area contributed by atoms with Crippen LogP contribution in [-0.2, 0) is 19.1 Å². The first-order chi connectivity index (χ1) is 20.9. The Labute approximate surface area is 251 Å². The molecule has 2 aromatic rings. The molecule has 2 aromatic carbocycles. The van der Waals surface area contributed by atoms with E-state index in [-0.39, 0.29) is 39.3 Å². The second kappa shape index (κ2) is 15.3. The number of esters is 2. The average molecular weight is 573 g/mol. The fourth-order valence-electron chi connectivity index (χ4n) is 5.49. The third-order valence-corrected chi connectivity index (χ3v) is 7.36. The molecule has 0 saturated heterocycles. The number of nitriles is 2. The largest absolute Gasteiger partial charge is 0.481 e. The van der Waals surface area contributed by atoms with Crippen LogP contribution >= 0.6 is 0 Å². The molecule has 8 nitrogen and oxygen atoms in total. The maximum absolute atomic E-state index is 13.9. The second-order valence-electron chi connectivity index (χ2n) is 9.64. The third kappa shape index (κ3) is 7.10. The van der Waals surface area contributed by atoms with Gasteiger partial charge in [0.15, 0.2) is 18.6 Å². The molecule has 1 saturated carbocycles. The number of rotatable bonds is 11. The van der Waals surface area contributed by atoms with E-state index in [4.69, 9.17) is 44.6 Å². The van der Waals surface area contributed by atoms with Crippen molar-refractivity contribution in [2.45, 2.75) is 24.7 Å². The minimum absolute atomic E-state index is 0.0537. The molecule has 3 unspecified atom stereocenters. The summed E-state index contributed by atoms with van der Waals surface area (Å²) in [6.45, 7) is -0.534. The van der Waals surface area contributed by atoms with Gasteiger partial charge in [-0.3, -0.25) is 9.59 Å². The molecule has 1 fully saturated rings. The van der Waals surface area contributed by atoms with Gasteiger partial charge in [0.2, 0.25) is 0 Å². The van der Waals surface area contributed by atoms with E-state index in [0.717, 1.165) is 0 Å². The molecule has 0 aliphatic heterocycles. The van der Waals surface area contributed by atoms with Crippen LogP contribution in [0.15, 0.2) is 48.5 Å². The smallest absolute Gasteiger partial charge is 0.328 e. The Balaban J connectivity index is 2.21. The first-order valence-electron chi connectivity index (χ1n) is 13.2. The maximum Gasteiger partial charge on any atom is 0.328 e. The molecule has 0 heterocycles. The van der Waals surface area contributed by atoms with Crippen LogP contribution in [0.25, 0.3) is 0 Å². The quantitative estimate of drug-likeness (QED) is 0.293. The first kappa shape index (κ1) is 31.7. The highest BCUT2D eigenvalue weighted by Gasteiger charge is 2.59. The van der Waals surface area contributed by atoms with Crippen LogP contribution in [0.4, 0.5) is 0 Å². The Hall–Kier alpha value is -5.80. The summed E-state index contributed by atoms with van der Waals surface area (Å²) in [5.41, 5.74) is -0.618. The number of hydrogen-bond acceptors (Lipinski definition) is 8. The standard InChI is InChI=1S/C35H28N2O6/c1-5-17-40-28-13-9-25(10-14-28)31-21-27(30(23-36)33(38)42-19-7-3)22-32(35(31,24-37)34(39)43-20-8-4)26-11-15-29(16-12-26)41-18-6-2/h1-4,9-16,27,30-32H,17-22H2/t27?,30?,31-,32+,35?. The number of benzene rings is 2. The summed E-state index contributed by atoms with van der Waals surface area (Å²) in [6.07, 6.45) is 21.4. The predicted molar refractivity (Wildman–Crippen MR) is 156 cm³/mol. The predicted octanol–water partition coefficient (Wildman–Crippen LogP) is 3.99. The summed E-state index contributed by atoms with van der Waals surface area (Å²) in [7, 11) is 0. The number of carbonyl (C=O) groups is 2. The van der Waals surface area contributed by atoms with Crippen LogP contribution in [0.2, 0.25) is 0 Å². The van der Waals surface area contributed by atoms with E-state index in [0.29, 0.717) is 22.6 Å². The van der Waals surface area contributed by atoms with Crippen molar-refractivity contribution in [3.05, 3.63) is 59.7 Å². The van der Waals surface area contributed by atoms with Gasteiger partial charge in [-0.15, -0.1) is 25.7 Å². The minimum atomic E-state index is -1.79. The van der Waals surface area contributed by atoms with Crippen LogP contribution in [0.5, 0.6) is 11.5 Å². The lowest BCUT2D eigenvalue weighted by Crippen LogP contribution is -2.49. The molecule has 0 bridgehead atoms. The molecule has 0 spiro atoms. The highest BCUT2D eigenvalue weighted by molar-refractivity contribution is 5.84. The van der Waals surface area contributed by atoms with Gasteiger partial charge < -0.3 is 18.9 Å². The summed E-state index contributed by atoms with van der Waals surface area (Å²) >= 11 is 0. The molecule has 1 aliphatic carbocycles. The van der Waals surface area contributed by atoms with Gasteiger partial charge in [-0.1, -0.05) is 47.9 Å². The molecular weight excluding hydrogens is 544 g/mol. The molecule has 0 amide bonds. The Bertz CT molecular complexity index is 1480. The van der Waals surface area contributed by atoms with Crippen molar-refractivity contribution in [1.82, 2.24) is 0 Å². The van der Waals surface area contributed by atoms with Crippen molar-refractivity contribution < 1.29 is 28.5 Å². The molecular formula is C35H28N2O6. The van der Waals surface area contributed by atoms with Gasteiger partial charge in [0.1, 0.15) is 30.6 Å². The highest BCUT2D eigenvalue weighted by atomic mass is 16.5. The Kier molecular flexibility index (Phi) is 11.3. The topological polar surface area (TPSA) is 119 Å². The molecule has 5 atom stereocenters. The lowest BCUT2D eigenvalue weighted by Gasteiger charge is -2.47. The van der Waals surface area contributed by atoms with Gasteiger partial charge in [-0.05, 0) is 54.2 Å². The van der Waals surface area contributed by atoms with Gasteiger partial charge in [-0.25, -0.2) is 0 Å². The summed E-state index contributed by atoms with van der Waals surface area (Å²) in [5.74, 6) is 5.16. The number of carbonyl (C=O) groups excluding carboxylic acids is 2. The Morgan fingerprint density at radius 3 is 1.58 bits per heavy atom. The SMILES string of the molecule is C#CCOC(=O)C(C#N)C1C[C@H](c2ccc(OCC#C)cc2)C(C#N)(C(=O)OCC#C)[C@H](c2ccc(OCC#C)cc2)C1. The van der Waals surface area contributed by atoms with E-state index in [1.807, 2.05) is 0 Å². The lowest BCUT2D eigenvalue weighted by atomic mass is 9.53. The van der Waals surface area contributed by atoms with Crippen molar-refractivity contribution in [1.29, 1.82) is 10.5 Å². The molecule has 214 valence electrons. The van der Waals surface area contributed by atoms with Gasteiger partial charge in [0, 0.05) is 11.8 Å². The van der Waals surface area contributed by atoms with E-state index in [9.17, 15) is 20.1 Å². The van der Waals surface area contributed by atoms with Crippen LogP contribution < -0.4 is 9.47 Å². The zero-order chi connectivity index (χ0) is 31.2. The van der Waals surface area contributed by atoms with E-state index in [2.05, 4.69) is 35.8 Å². The normalized spacial score (nSPS) is 21.0. The van der Waals surface area contributed by atoms with Crippen molar-refractivity contribution in [2.24, 2.45) is 17.3 Å². The minimum Gasteiger partial charge on any atom is -0.481 e. The monoisotopic (exact) mass is 572 g/mol. The average Bonchev–Trinajstić information content (AvgIpc) is 3.04. The van der Waals surface area contributed by atoms with E-state index < -0.39 is 41.0 Å². The molecule has 0 N–H and O–H groups in total. The third-order valence-electron chi connectivity index (χ3n) is 7.36. The van der Waals surface area contributed by atoms with Gasteiger partial charge in [0.05, 0.1) is 12.1 Å². The first-order valence-corrected chi connectivity index (χ1v) is 13.2. The lowest BCUT2D eigenvalue weighted by molar-refractivity contribution is -0.156. The Morgan fingerprint density at radius 1 is 0.744 bits per heavy atom. The van der Waals surface area contributed by atoms with Crippen molar-refractivity contribution in [3.8, 4) is 73.0 Å². The van der Waals surface area contributed by atoms with Crippen molar-refractivity contribution >= 4 is 11.9 Å². The van der Waals surface area contributed by atoms with Crippen LogP contribution in [-0.4, -0.2) is 38.4 Å². The maximum atomic E-state index is 13.9. The van der Waals surface area contributed by atoms with Crippen LogP contribution in [0, 0.1) is 89.3 Å². The van der Waals surface area contributed by atoms with E-state index >= 15 is 0 Å². The molecule has 8 heteroatoms. The fraction of sp³-hybridized carbons (Fsp3) is 0.314. The summed E-state index contributed by atoms with van der Waals surface area (Å²) in [5, 5.41) is 20.9. The van der Waals surface area contributed by atoms with Gasteiger partial charge in [-0.2, -0.15) is 10.5 Å². The molecule has 0 aromatic heterocycles. The number of nitrogens with zero attached hydrogens (tertiary/aromatic N) is 2. The number of terminal acetylenes is 4. The second-order valence-corrected chi connectivity index (χ2v) is 9.64.